The van der Waals surface area contributed by atoms with E-state index in [0.29, 0.717) is 18.5 Å². The maximum absolute atomic E-state index is 13.8. The number of nitrogens with zero attached hydrogens (tertiary/aromatic N) is 3. The number of rotatable bonds is 7. The Morgan fingerprint density at radius 1 is 1.11 bits per heavy atom. The molecule has 3 saturated heterocycles. The second kappa shape index (κ2) is 10.3. The van der Waals surface area contributed by atoms with E-state index in [1.807, 2.05) is 45.0 Å². The van der Waals surface area contributed by atoms with Crippen molar-refractivity contribution in [2.24, 2.45) is 11.3 Å². The molecule has 3 aliphatic rings. The van der Waals surface area contributed by atoms with E-state index in [9.17, 15) is 14.4 Å². The number of Topliss-reactive ketones (excluding diaryl/α,β-unsaturated/α-hetero) is 1. The van der Waals surface area contributed by atoms with E-state index < -0.39 is 17.5 Å². The Hall–Kier alpha value is -2.45. The molecule has 0 spiro atoms. The predicted octanol–water partition coefficient (Wildman–Crippen LogP) is 2.18. The Morgan fingerprint density at radius 3 is 2.37 bits per heavy atom. The molecule has 1 unspecified atom stereocenters. The van der Waals surface area contributed by atoms with Crippen LogP contribution in [0.4, 0.5) is 5.69 Å². The average molecular weight is 485 g/mol. The second-order valence-corrected chi connectivity index (χ2v) is 10.9. The smallest absolute Gasteiger partial charge is 0.251 e. The van der Waals surface area contributed by atoms with Crippen LogP contribution in [0.25, 0.3) is 0 Å². The van der Waals surface area contributed by atoms with Crippen LogP contribution < -0.4 is 10.2 Å². The summed E-state index contributed by atoms with van der Waals surface area (Å²) in [5.74, 6) is -0.368. The molecule has 35 heavy (non-hydrogen) atoms. The highest BCUT2D eigenvalue weighted by Gasteiger charge is 2.53. The number of ketones is 1. The van der Waals surface area contributed by atoms with Gasteiger partial charge in [-0.25, -0.2) is 0 Å². The van der Waals surface area contributed by atoms with Crippen molar-refractivity contribution < 1.29 is 19.1 Å². The van der Waals surface area contributed by atoms with Crippen LogP contribution in [-0.4, -0.2) is 92.0 Å². The molecular weight excluding hydrogens is 444 g/mol. The monoisotopic (exact) mass is 484 g/mol. The Labute approximate surface area is 209 Å². The largest absolute Gasteiger partial charge is 0.369 e. The summed E-state index contributed by atoms with van der Waals surface area (Å²) in [6.45, 7) is 12.6. The Balaban J connectivity index is 1.50. The van der Waals surface area contributed by atoms with Gasteiger partial charge in [-0.1, -0.05) is 27.7 Å². The first kappa shape index (κ1) is 25.6. The van der Waals surface area contributed by atoms with E-state index in [4.69, 9.17) is 4.74 Å². The van der Waals surface area contributed by atoms with E-state index in [1.54, 1.807) is 4.90 Å². The molecule has 0 saturated carbocycles. The molecule has 1 aromatic carbocycles. The number of benzene rings is 1. The summed E-state index contributed by atoms with van der Waals surface area (Å²) >= 11 is 0. The zero-order valence-corrected chi connectivity index (χ0v) is 21.8. The Kier molecular flexibility index (Phi) is 7.52. The second-order valence-electron chi connectivity index (χ2n) is 10.9. The van der Waals surface area contributed by atoms with Gasteiger partial charge < -0.3 is 24.8 Å². The van der Waals surface area contributed by atoms with Gasteiger partial charge in [0, 0.05) is 49.9 Å². The summed E-state index contributed by atoms with van der Waals surface area (Å²) in [5.41, 5.74) is 1.15. The van der Waals surface area contributed by atoms with Crippen molar-refractivity contribution in [2.75, 3.05) is 51.3 Å². The van der Waals surface area contributed by atoms with Crippen LogP contribution in [0.2, 0.25) is 0 Å². The van der Waals surface area contributed by atoms with Crippen LogP contribution in [-0.2, 0) is 14.3 Å². The molecule has 1 aromatic rings. The van der Waals surface area contributed by atoms with E-state index in [-0.39, 0.29) is 36.2 Å². The molecule has 3 fully saturated rings. The lowest BCUT2D eigenvalue weighted by molar-refractivity contribution is -0.140. The summed E-state index contributed by atoms with van der Waals surface area (Å²) < 4.78 is 5.74. The van der Waals surface area contributed by atoms with Gasteiger partial charge in [0.25, 0.3) is 5.91 Å². The molecule has 8 heteroatoms. The van der Waals surface area contributed by atoms with Crippen molar-refractivity contribution >= 4 is 23.3 Å². The molecule has 8 nitrogen and oxygen atoms in total. The number of piperazine rings is 1. The fraction of sp³-hybridized carbons (Fsp3) is 0.667. The molecule has 0 aromatic heterocycles. The fourth-order valence-corrected chi connectivity index (χ4v) is 5.41. The van der Waals surface area contributed by atoms with Crippen molar-refractivity contribution in [1.29, 1.82) is 0 Å². The van der Waals surface area contributed by atoms with Crippen LogP contribution in [0, 0.1) is 11.3 Å². The first-order valence-electron chi connectivity index (χ1n) is 13.0. The highest BCUT2D eigenvalue weighted by Crippen LogP contribution is 2.36. The van der Waals surface area contributed by atoms with Crippen LogP contribution >= 0.6 is 0 Å². The molecule has 3 aliphatic heterocycles. The summed E-state index contributed by atoms with van der Waals surface area (Å²) in [6, 6.07) is 6.35. The van der Waals surface area contributed by atoms with Gasteiger partial charge in [0.05, 0.1) is 6.10 Å². The summed E-state index contributed by atoms with van der Waals surface area (Å²) in [6.07, 6.45) is 1.31. The number of hydrogen-bond acceptors (Lipinski definition) is 6. The minimum Gasteiger partial charge on any atom is -0.369 e. The third-order valence-corrected chi connectivity index (χ3v) is 8.31. The molecule has 4 rings (SSSR count). The summed E-state index contributed by atoms with van der Waals surface area (Å²) in [5, 5.41) is 3.03. The lowest BCUT2D eigenvalue weighted by Gasteiger charge is -2.37. The topological polar surface area (TPSA) is 82.2 Å². The Morgan fingerprint density at radius 2 is 1.77 bits per heavy atom. The number of nitrogens with one attached hydrogen (secondary N) is 1. The number of likely N-dealkylation sites (tertiary alicyclic amines) is 1. The SMILES string of the molecule is CC[C@@H]1CN(C(=O)C(NC(=O)c2ccc(N3CCN(C)CC3)cc2)C(C)(C)CC)[C@@H]2C(=O)CO[C@H]12. The summed E-state index contributed by atoms with van der Waals surface area (Å²) in [7, 11) is 2.13. The third kappa shape index (κ3) is 5.09. The quantitative estimate of drug-likeness (QED) is 0.639. The van der Waals surface area contributed by atoms with Crippen LogP contribution in [0.15, 0.2) is 24.3 Å². The van der Waals surface area contributed by atoms with E-state index in [0.717, 1.165) is 38.3 Å². The number of likely N-dealkylation sites (N-methyl/N-ethyl adjacent to an activating group) is 1. The van der Waals surface area contributed by atoms with Crippen molar-refractivity contribution in [1.82, 2.24) is 15.1 Å². The van der Waals surface area contributed by atoms with Crippen LogP contribution in [0.1, 0.15) is 50.9 Å². The lowest BCUT2D eigenvalue weighted by atomic mass is 9.80. The van der Waals surface area contributed by atoms with Gasteiger partial charge in [-0.15, -0.1) is 0 Å². The molecule has 0 radical (unpaired) electrons. The van der Waals surface area contributed by atoms with E-state index in [2.05, 4.69) is 29.1 Å². The number of amides is 2. The normalized spacial score (nSPS) is 26.1. The predicted molar refractivity (Wildman–Crippen MR) is 136 cm³/mol. The molecular formula is C27H40N4O4. The number of anilines is 1. The van der Waals surface area contributed by atoms with Gasteiger partial charge >= 0.3 is 0 Å². The van der Waals surface area contributed by atoms with E-state index >= 15 is 0 Å². The van der Waals surface area contributed by atoms with Gasteiger partial charge in [0.15, 0.2) is 5.78 Å². The first-order valence-corrected chi connectivity index (χ1v) is 13.0. The lowest BCUT2D eigenvalue weighted by Crippen LogP contribution is -2.57. The minimum atomic E-state index is -0.734. The zero-order valence-electron chi connectivity index (χ0n) is 21.8. The highest BCUT2D eigenvalue weighted by molar-refractivity contribution is 5.99. The minimum absolute atomic E-state index is 0.0434. The van der Waals surface area contributed by atoms with E-state index in [1.165, 1.54) is 0 Å². The van der Waals surface area contributed by atoms with Gasteiger partial charge in [0.2, 0.25) is 5.91 Å². The molecule has 1 N–H and O–H groups in total. The maximum atomic E-state index is 13.8. The van der Waals surface area contributed by atoms with Crippen LogP contribution in [0.5, 0.6) is 0 Å². The first-order chi connectivity index (χ1) is 16.7. The highest BCUT2D eigenvalue weighted by atomic mass is 16.5. The van der Waals surface area contributed by atoms with Gasteiger partial charge in [-0.05, 0) is 49.6 Å². The zero-order chi connectivity index (χ0) is 25.3. The number of fused-ring (bicyclic) bond motifs is 1. The molecule has 3 heterocycles. The van der Waals surface area contributed by atoms with Crippen molar-refractivity contribution in [3.8, 4) is 0 Å². The number of carbonyl (C=O) groups is 3. The third-order valence-electron chi connectivity index (χ3n) is 8.31. The number of hydrogen-bond donors (Lipinski definition) is 1. The number of carbonyl (C=O) groups excluding carboxylic acids is 3. The fourth-order valence-electron chi connectivity index (χ4n) is 5.41. The van der Waals surface area contributed by atoms with Gasteiger partial charge in [-0.3, -0.25) is 14.4 Å². The molecule has 0 bridgehead atoms. The van der Waals surface area contributed by atoms with Gasteiger partial charge in [-0.2, -0.15) is 0 Å². The molecule has 4 atom stereocenters. The standard InChI is InChI=1S/C27H40N4O4/c1-6-18-16-31(22-21(32)17-35-23(18)22)26(34)24(27(3,4)7-2)28-25(33)19-8-10-20(11-9-19)30-14-12-29(5)13-15-30/h8-11,18,22-24H,6-7,12-17H2,1-5H3,(H,28,33)/t18-,22-,23-,24?/m1/s1. The Bertz CT molecular complexity index is 939. The molecule has 192 valence electrons. The van der Waals surface area contributed by atoms with Gasteiger partial charge in [0.1, 0.15) is 18.7 Å². The van der Waals surface area contributed by atoms with Crippen molar-refractivity contribution in [3.63, 3.8) is 0 Å². The van der Waals surface area contributed by atoms with Crippen molar-refractivity contribution in [3.05, 3.63) is 29.8 Å². The molecule has 2 amide bonds. The van der Waals surface area contributed by atoms with Crippen LogP contribution in [0.3, 0.4) is 0 Å². The maximum Gasteiger partial charge on any atom is 0.251 e. The average Bonchev–Trinajstić information content (AvgIpc) is 3.43. The summed E-state index contributed by atoms with van der Waals surface area (Å²) in [4.78, 5) is 46.0. The number of ether oxygens (including phenoxy) is 1. The molecule has 0 aliphatic carbocycles. The van der Waals surface area contributed by atoms with Crippen molar-refractivity contribution in [2.45, 2.75) is 58.7 Å².